The highest BCUT2D eigenvalue weighted by Crippen LogP contribution is 2.02. The van der Waals surface area contributed by atoms with E-state index in [9.17, 15) is 9.59 Å². The fourth-order valence-electron chi connectivity index (χ4n) is 1.17. The predicted octanol–water partition coefficient (Wildman–Crippen LogP) is 1.84. The molecule has 0 rings (SSSR count). The standard InChI is InChI=1S/C11H19NO3/c12-10(13)8-6-4-2-1-3-5-7-9-11(14)15/h1,3H,2,4-9H2,(H2,12,13)(H,14,15)/b3-1+. The Balaban J connectivity index is 3.17. The van der Waals surface area contributed by atoms with E-state index in [2.05, 4.69) is 0 Å². The van der Waals surface area contributed by atoms with Crippen molar-refractivity contribution in [3.8, 4) is 0 Å². The maximum Gasteiger partial charge on any atom is 0.303 e. The largest absolute Gasteiger partial charge is 0.481 e. The number of carboxylic acids is 1. The number of nitrogens with two attached hydrogens (primary N) is 1. The molecule has 0 atom stereocenters. The van der Waals surface area contributed by atoms with Gasteiger partial charge in [-0.1, -0.05) is 12.2 Å². The molecule has 4 nitrogen and oxygen atoms in total. The maximum absolute atomic E-state index is 10.4. The van der Waals surface area contributed by atoms with Gasteiger partial charge < -0.3 is 10.8 Å². The molecule has 0 aromatic heterocycles. The minimum Gasteiger partial charge on any atom is -0.481 e. The molecule has 0 fully saturated rings. The molecule has 0 aliphatic rings. The van der Waals surface area contributed by atoms with Crippen LogP contribution in [-0.2, 0) is 9.59 Å². The summed E-state index contributed by atoms with van der Waals surface area (Å²) in [6, 6.07) is 0. The minimum absolute atomic E-state index is 0.228. The number of hydrogen-bond donors (Lipinski definition) is 2. The first-order chi connectivity index (χ1) is 7.13. The summed E-state index contributed by atoms with van der Waals surface area (Å²) >= 11 is 0. The topological polar surface area (TPSA) is 80.4 Å². The van der Waals surface area contributed by atoms with E-state index < -0.39 is 5.97 Å². The van der Waals surface area contributed by atoms with Crippen molar-refractivity contribution in [2.75, 3.05) is 0 Å². The lowest BCUT2D eigenvalue weighted by Crippen LogP contribution is -2.09. The number of hydrogen-bond acceptors (Lipinski definition) is 2. The van der Waals surface area contributed by atoms with Gasteiger partial charge >= 0.3 is 5.97 Å². The number of unbranched alkanes of at least 4 members (excludes halogenated alkanes) is 3. The number of carbonyl (C=O) groups is 2. The van der Waals surface area contributed by atoms with Gasteiger partial charge in [0.2, 0.25) is 5.91 Å². The number of amides is 1. The van der Waals surface area contributed by atoms with E-state index >= 15 is 0 Å². The van der Waals surface area contributed by atoms with Gasteiger partial charge in [-0.15, -0.1) is 0 Å². The van der Waals surface area contributed by atoms with Crippen molar-refractivity contribution in [2.24, 2.45) is 5.73 Å². The lowest BCUT2D eigenvalue weighted by atomic mass is 10.1. The van der Waals surface area contributed by atoms with E-state index in [4.69, 9.17) is 10.8 Å². The molecule has 0 saturated carbocycles. The van der Waals surface area contributed by atoms with Crippen molar-refractivity contribution in [1.82, 2.24) is 0 Å². The first-order valence-corrected chi connectivity index (χ1v) is 5.28. The van der Waals surface area contributed by atoms with Gasteiger partial charge in [-0.2, -0.15) is 0 Å². The molecule has 86 valence electrons. The molecule has 0 aliphatic heterocycles. The number of carbonyl (C=O) groups excluding carboxylic acids is 1. The van der Waals surface area contributed by atoms with Crippen molar-refractivity contribution in [3.63, 3.8) is 0 Å². The summed E-state index contributed by atoms with van der Waals surface area (Å²) in [7, 11) is 0. The van der Waals surface area contributed by atoms with Crippen molar-refractivity contribution < 1.29 is 14.7 Å². The SMILES string of the molecule is NC(=O)CCCC/C=C/CCCC(=O)O. The van der Waals surface area contributed by atoms with Crippen LogP contribution in [0.15, 0.2) is 12.2 Å². The Morgan fingerprint density at radius 3 is 2.13 bits per heavy atom. The molecular formula is C11H19NO3. The molecule has 0 radical (unpaired) electrons. The van der Waals surface area contributed by atoms with Crippen molar-refractivity contribution in [2.45, 2.75) is 44.9 Å². The van der Waals surface area contributed by atoms with Crippen LogP contribution in [0.4, 0.5) is 0 Å². The molecule has 0 aliphatic carbocycles. The predicted molar refractivity (Wildman–Crippen MR) is 58.3 cm³/mol. The molecule has 0 heterocycles. The second kappa shape index (κ2) is 9.24. The van der Waals surface area contributed by atoms with Crippen molar-refractivity contribution in [3.05, 3.63) is 12.2 Å². The summed E-state index contributed by atoms with van der Waals surface area (Å²) in [5.41, 5.74) is 4.99. The van der Waals surface area contributed by atoms with E-state index in [1.54, 1.807) is 0 Å². The average Bonchev–Trinajstić information content (AvgIpc) is 2.14. The number of primary amides is 1. The highest BCUT2D eigenvalue weighted by atomic mass is 16.4. The molecule has 0 spiro atoms. The first kappa shape index (κ1) is 13.7. The highest BCUT2D eigenvalue weighted by molar-refractivity contribution is 5.73. The summed E-state index contributed by atoms with van der Waals surface area (Å²) < 4.78 is 0. The zero-order valence-electron chi connectivity index (χ0n) is 8.95. The fourth-order valence-corrected chi connectivity index (χ4v) is 1.17. The van der Waals surface area contributed by atoms with Gasteiger partial charge in [0.15, 0.2) is 0 Å². The second-order valence-electron chi connectivity index (χ2n) is 3.47. The second-order valence-corrected chi connectivity index (χ2v) is 3.47. The van der Waals surface area contributed by atoms with Crippen LogP contribution < -0.4 is 5.73 Å². The monoisotopic (exact) mass is 213 g/mol. The Morgan fingerprint density at radius 1 is 1.00 bits per heavy atom. The Bertz CT molecular complexity index is 224. The van der Waals surface area contributed by atoms with Crippen LogP contribution in [0, 0.1) is 0 Å². The molecule has 0 saturated heterocycles. The Morgan fingerprint density at radius 2 is 1.60 bits per heavy atom. The fraction of sp³-hybridized carbons (Fsp3) is 0.636. The zero-order chi connectivity index (χ0) is 11.5. The number of rotatable bonds is 9. The molecule has 1 amide bonds. The third-order valence-electron chi connectivity index (χ3n) is 1.97. The van der Waals surface area contributed by atoms with Crippen LogP contribution in [0.25, 0.3) is 0 Å². The van der Waals surface area contributed by atoms with Gasteiger partial charge in [-0.25, -0.2) is 0 Å². The first-order valence-electron chi connectivity index (χ1n) is 5.28. The summed E-state index contributed by atoms with van der Waals surface area (Å²) in [4.78, 5) is 20.6. The molecule has 4 heteroatoms. The normalized spacial score (nSPS) is 10.7. The van der Waals surface area contributed by atoms with E-state index in [1.165, 1.54) is 0 Å². The zero-order valence-corrected chi connectivity index (χ0v) is 8.95. The summed E-state index contributed by atoms with van der Waals surface area (Å²) in [6.45, 7) is 0. The Labute approximate surface area is 90.2 Å². The Hall–Kier alpha value is -1.32. The lowest BCUT2D eigenvalue weighted by Gasteiger charge is -1.94. The molecule has 15 heavy (non-hydrogen) atoms. The third kappa shape index (κ3) is 12.7. The number of allylic oxidation sites excluding steroid dienone is 2. The van der Waals surface area contributed by atoms with Crippen LogP contribution in [0.2, 0.25) is 0 Å². The van der Waals surface area contributed by atoms with Gasteiger partial charge in [0.25, 0.3) is 0 Å². The van der Waals surface area contributed by atoms with E-state index in [-0.39, 0.29) is 12.3 Å². The van der Waals surface area contributed by atoms with E-state index in [0.717, 1.165) is 25.7 Å². The van der Waals surface area contributed by atoms with Crippen LogP contribution in [0.1, 0.15) is 44.9 Å². The van der Waals surface area contributed by atoms with Crippen molar-refractivity contribution >= 4 is 11.9 Å². The summed E-state index contributed by atoms with van der Waals surface area (Å²) in [5, 5.41) is 8.37. The van der Waals surface area contributed by atoms with Gasteiger partial charge in [0, 0.05) is 12.8 Å². The van der Waals surface area contributed by atoms with Gasteiger partial charge in [0.1, 0.15) is 0 Å². The molecule has 0 unspecified atom stereocenters. The maximum atomic E-state index is 10.4. The third-order valence-corrected chi connectivity index (χ3v) is 1.97. The van der Waals surface area contributed by atoms with Crippen LogP contribution in [0.5, 0.6) is 0 Å². The minimum atomic E-state index is -0.746. The molecule has 0 aromatic carbocycles. The smallest absolute Gasteiger partial charge is 0.303 e. The van der Waals surface area contributed by atoms with Gasteiger partial charge in [-0.05, 0) is 32.1 Å². The van der Waals surface area contributed by atoms with Gasteiger partial charge in [0.05, 0.1) is 0 Å². The molecular weight excluding hydrogens is 194 g/mol. The van der Waals surface area contributed by atoms with Crippen LogP contribution in [0.3, 0.4) is 0 Å². The lowest BCUT2D eigenvalue weighted by molar-refractivity contribution is -0.137. The van der Waals surface area contributed by atoms with E-state index in [1.807, 2.05) is 12.2 Å². The molecule has 3 N–H and O–H groups in total. The number of aliphatic carboxylic acids is 1. The number of carboxylic acid groups (broad SMARTS) is 1. The summed E-state index contributed by atoms with van der Waals surface area (Å²) in [6.07, 6.45) is 8.91. The quantitative estimate of drug-likeness (QED) is 0.453. The van der Waals surface area contributed by atoms with Crippen molar-refractivity contribution in [1.29, 1.82) is 0 Å². The van der Waals surface area contributed by atoms with Gasteiger partial charge in [-0.3, -0.25) is 9.59 Å². The summed E-state index contributed by atoms with van der Waals surface area (Å²) in [5.74, 6) is -0.995. The Kier molecular flexibility index (Phi) is 8.43. The molecule has 0 aromatic rings. The molecule has 0 bridgehead atoms. The average molecular weight is 213 g/mol. The highest BCUT2D eigenvalue weighted by Gasteiger charge is 1.94. The van der Waals surface area contributed by atoms with Crippen LogP contribution in [-0.4, -0.2) is 17.0 Å². The van der Waals surface area contributed by atoms with Crippen LogP contribution >= 0.6 is 0 Å². The van der Waals surface area contributed by atoms with E-state index in [0.29, 0.717) is 12.8 Å².